The number of carbonyl (C=O) groups is 1. The van der Waals surface area contributed by atoms with Crippen molar-refractivity contribution >= 4 is 23.7 Å². The third-order valence-electron chi connectivity index (χ3n) is 4.02. The van der Waals surface area contributed by atoms with E-state index in [1.807, 2.05) is 36.4 Å². The quantitative estimate of drug-likeness (QED) is 0.648. The molecule has 1 unspecified atom stereocenters. The van der Waals surface area contributed by atoms with Crippen LogP contribution in [0.15, 0.2) is 84.9 Å². The van der Waals surface area contributed by atoms with E-state index in [0.29, 0.717) is 23.0 Å². The van der Waals surface area contributed by atoms with Crippen molar-refractivity contribution in [3.8, 4) is 5.75 Å². The second-order valence-electron chi connectivity index (χ2n) is 5.87. The van der Waals surface area contributed by atoms with Crippen LogP contribution in [0.4, 0.5) is 0 Å². The lowest BCUT2D eigenvalue weighted by Crippen LogP contribution is -2.23. The number of benzene rings is 3. The molecule has 0 aliphatic carbocycles. The number of para-hydroxylation sites is 1. The lowest BCUT2D eigenvalue weighted by molar-refractivity contribution is -0.134. The number of aliphatic carboxylic acids is 1. The van der Waals surface area contributed by atoms with Crippen molar-refractivity contribution in [2.24, 2.45) is 0 Å². The second kappa shape index (κ2) is 8.03. The van der Waals surface area contributed by atoms with Gasteiger partial charge in [-0.25, -0.2) is 0 Å². The van der Waals surface area contributed by atoms with E-state index >= 15 is 0 Å². The minimum absolute atomic E-state index is 0.319. The maximum atomic E-state index is 13.8. The number of rotatable bonds is 7. The van der Waals surface area contributed by atoms with Crippen LogP contribution in [0.2, 0.25) is 0 Å². The normalized spacial score (nSPS) is 12.9. The molecule has 3 aromatic carbocycles. The highest BCUT2D eigenvalue weighted by atomic mass is 31.2. The summed E-state index contributed by atoms with van der Waals surface area (Å²) in [7, 11) is -3.36. The highest BCUT2D eigenvalue weighted by Crippen LogP contribution is 2.45. The summed E-state index contributed by atoms with van der Waals surface area (Å²) in [5.41, 5.74) is 0.982. The van der Waals surface area contributed by atoms with Gasteiger partial charge in [-0.2, -0.15) is 0 Å². The lowest BCUT2D eigenvalue weighted by Gasteiger charge is -2.20. The molecule has 0 spiro atoms. The van der Waals surface area contributed by atoms with Gasteiger partial charge in [0.2, 0.25) is 0 Å². The fraction of sp³-hybridized carbons (Fsp3) is 0.0952. The zero-order valence-corrected chi connectivity index (χ0v) is 15.0. The van der Waals surface area contributed by atoms with E-state index in [-0.39, 0.29) is 0 Å². The summed E-state index contributed by atoms with van der Waals surface area (Å²) >= 11 is 0. The first-order chi connectivity index (χ1) is 12.6. The highest BCUT2D eigenvalue weighted by molar-refractivity contribution is 7.79. The van der Waals surface area contributed by atoms with Crippen LogP contribution < -0.4 is 15.3 Å². The summed E-state index contributed by atoms with van der Waals surface area (Å²) in [4.78, 5) is 11.4. The SMILES string of the molecule is O=C(O)CP(=O)(c1ccccc1)c1ccccc1OCc1ccccc1. The number of ether oxygens (including phenoxy) is 1. The topological polar surface area (TPSA) is 63.6 Å². The number of carboxylic acids is 1. The van der Waals surface area contributed by atoms with Crippen molar-refractivity contribution in [2.75, 3.05) is 6.16 Å². The van der Waals surface area contributed by atoms with Gasteiger partial charge in [0.05, 0.1) is 5.30 Å². The third-order valence-corrected chi connectivity index (χ3v) is 7.02. The molecule has 3 aromatic rings. The average Bonchev–Trinajstić information content (AvgIpc) is 2.67. The first kappa shape index (κ1) is 18.0. The third kappa shape index (κ3) is 4.04. The van der Waals surface area contributed by atoms with E-state index in [0.717, 1.165) is 5.56 Å². The molecule has 0 saturated carbocycles. The van der Waals surface area contributed by atoms with E-state index in [2.05, 4.69) is 0 Å². The van der Waals surface area contributed by atoms with Gasteiger partial charge in [0.25, 0.3) is 0 Å². The summed E-state index contributed by atoms with van der Waals surface area (Å²) in [6, 6.07) is 25.4. The van der Waals surface area contributed by atoms with Gasteiger partial charge in [-0.3, -0.25) is 4.79 Å². The molecule has 0 bridgehead atoms. The van der Waals surface area contributed by atoms with E-state index in [1.165, 1.54) is 0 Å². The van der Waals surface area contributed by atoms with Gasteiger partial charge >= 0.3 is 5.97 Å². The maximum Gasteiger partial charge on any atom is 0.311 e. The molecule has 0 amide bonds. The van der Waals surface area contributed by atoms with Crippen LogP contribution in [0, 0.1) is 0 Å². The Morgan fingerprint density at radius 3 is 2.08 bits per heavy atom. The maximum absolute atomic E-state index is 13.8. The van der Waals surface area contributed by atoms with Gasteiger partial charge in [-0.15, -0.1) is 0 Å². The molecule has 0 fully saturated rings. The summed E-state index contributed by atoms with van der Waals surface area (Å²) in [5, 5.41) is 10.3. The van der Waals surface area contributed by atoms with Gasteiger partial charge in [-0.05, 0) is 17.7 Å². The van der Waals surface area contributed by atoms with Crippen LogP contribution in [0.3, 0.4) is 0 Å². The Morgan fingerprint density at radius 1 is 0.846 bits per heavy atom. The highest BCUT2D eigenvalue weighted by Gasteiger charge is 2.33. The van der Waals surface area contributed by atoms with Crippen molar-refractivity contribution in [2.45, 2.75) is 6.61 Å². The molecule has 1 atom stereocenters. The van der Waals surface area contributed by atoms with Crippen molar-refractivity contribution in [1.82, 2.24) is 0 Å². The molecule has 3 rings (SSSR count). The Morgan fingerprint density at radius 2 is 1.42 bits per heavy atom. The minimum atomic E-state index is -3.36. The monoisotopic (exact) mass is 366 g/mol. The van der Waals surface area contributed by atoms with Gasteiger partial charge in [0.15, 0.2) is 7.14 Å². The summed E-state index contributed by atoms with van der Waals surface area (Å²) in [5.74, 6) is -0.653. The van der Waals surface area contributed by atoms with Crippen molar-refractivity contribution in [3.05, 3.63) is 90.5 Å². The van der Waals surface area contributed by atoms with Crippen molar-refractivity contribution < 1.29 is 19.2 Å². The number of carboxylic acid groups (broad SMARTS) is 1. The molecular formula is C21H19O4P. The number of hydrogen-bond acceptors (Lipinski definition) is 3. The molecule has 26 heavy (non-hydrogen) atoms. The lowest BCUT2D eigenvalue weighted by atomic mass is 10.2. The molecular weight excluding hydrogens is 347 g/mol. The first-order valence-corrected chi connectivity index (χ1v) is 10.1. The Labute approximate surface area is 152 Å². The zero-order valence-electron chi connectivity index (χ0n) is 14.1. The fourth-order valence-electron chi connectivity index (χ4n) is 2.79. The molecule has 0 saturated heterocycles. The van der Waals surface area contributed by atoms with Crippen molar-refractivity contribution in [3.63, 3.8) is 0 Å². The largest absolute Gasteiger partial charge is 0.488 e. The van der Waals surface area contributed by atoms with E-state index < -0.39 is 19.3 Å². The van der Waals surface area contributed by atoms with Gasteiger partial charge in [0.1, 0.15) is 18.5 Å². The standard InChI is InChI=1S/C21H19O4P/c22-21(23)16-26(24,18-11-5-2-6-12-18)20-14-8-7-13-19(20)25-15-17-9-3-1-4-10-17/h1-14H,15-16H2,(H,22,23). The van der Waals surface area contributed by atoms with Crippen LogP contribution in [0.1, 0.15) is 5.56 Å². The zero-order chi connectivity index (χ0) is 18.4. The Hall–Kier alpha value is -2.84. The molecule has 0 aliphatic rings. The Balaban J connectivity index is 2.00. The van der Waals surface area contributed by atoms with Crippen molar-refractivity contribution in [1.29, 1.82) is 0 Å². The molecule has 1 N–H and O–H groups in total. The molecule has 0 aromatic heterocycles. The summed E-state index contributed by atoms with van der Waals surface area (Å²) in [6.07, 6.45) is -0.456. The molecule has 132 valence electrons. The minimum Gasteiger partial charge on any atom is -0.488 e. The predicted octanol–water partition coefficient (Wildman–Crippen LogP) is 3.66. The smallest absolute Gasteiger partial charge is 0.311 e. The van der Waals surface area contributed by atoms with Gasteiger partial charge < -0.3 is 14.4 Å². The number of hydrogen-bond donors (Lipinski definition) is 1. The van der Waals surface area contributed by atoms with Gasteiger partial charge in [0, 0.05) is 5.30 Å². The average molecular weight is 366 g/mol. The Bertz CT molecular complexity index is 923. The van der Waals surface area contributed by atoms with Crippen LogP contribution in [0.5, 0.6) is 5.75 Å². The Kier molecular flexibility index (Phi) is 5.55. The van der Waals surface area contributed by atoms with Crippen LogP contribution in [-0.2, 0) is 16.0 Å². The molecule has 5 heteroatoms. The van der Waals surface area contributed by atoms with E-state index in [9.17, 15) is 14.5 Å². The second-order valence-corrected chi connectivity index (χ2v) is 8.66. The first-order valence-electron chi connectivity index (χ1n) is 8.22. The van der Waals surface area contributed by atoms with Gasteiger partial charge in [-0.1, -0.05) is 72.8 Å². The van der Waals surface area contributed by atoms with Crippen LogP contribution >= 0.6 is 7.14 Å². The van der Waals surface area contributed by atoms with Crippen LogP contribution in [0.25, 0.3) is 0 Å². The van der Waals surface area contributed by atoms with E-state index in [4.69, 9.17) is 4.74 Å². The summed E-state index contributed by atoms with van der Waals surface area (Å²) < 4.78 is 19.7. The fourth-order valence-corrected chi connectivity index (χ4v) is 5.28. The molecule has 0 aliphatic heterocycles. The molecule has 0 heterocycles. The molecule has 4 nitrogen and oxygen atoms in total. The molecule has 0 radical (unpaired) electrons. The summed E-state index contributed by atoms with van der Waals surface area (Å²) in [6.45, 7) is 0.319. The van der Waals surface area contributed by atoms with E-state index in [1.54, 1.807) is 48.5 Å². The van der Waals surface area contributed by atoms with Crippen LogP contribution in [-0.4, -0.2) is 17.2 Å². The predicted molar refractivity (Wildman–Crippen MR) is 103 cm³/mol.